The Bertz CT molecular complexity index is 447. The maximum absolute atomic E-state index is 12.6. The monoisotopic (exact) mass is 302 g/mol. The smallest absolute Gasteiger partial charge is 0.383 e. The van der Waals surface area contributed by atoms with E-state index in [4.69, 9.17) is 10.5 Å². The number of rotatable bonds is 4. The fourth-order valence-electron chi connectivity index (χ4n) is 2.88. The Hall–Kier alpha value is -1.11. The Balaban J connectivity index is 2.19. The molecule has 1 aliphatic heterocycles. The average molecular weight is 302 g/mol. The van der Waals surface area contributed by atoms with Crippen molar-refractivity contribution >= 4 is 0 Å². The molecule has 1 aliphatic rings. The highest BCUT2D eigenvalue weighted by Gasteiger charge is 2.33. The SMILES string of the molecule is COCCN1CCCC(N)C1c1ccc(C(F)(F)F)cc1. The Morgan fingerprint density at radius 2 is 1.95 bits per heavy atom. The topological polar surface area (TPSA) is 38.5 Å². The fraction of sp³-hybridized carbons (Fsp3) is 0.600. The third-order valence-corrected chi connectivity index (χ3v) is 3.94. The summed E-state index contributed by atoms with van der Waals surface area (Å²) in [5.74, 6) is 0. The molecule has 2 atom stereocenters. The van der Waals surface area contributed by atoms with Gasteiger partial charge in [-0.25, -0.2) is 0 Å². The van der Waals surface area contributed by atoms with Crippen LogP contribution in [0.2, 0.25) is 0 Å². The minimum atomic E-state index is -4.30. The molecule has 0 spiro atoms. The number of halogens is 3. The first kappa shape index (κ1) is 16.3. The Morgan fingerprint density at radius 3 is 2.52 bits per heavy atom. The number of hydrogen-bond acceptors (Lipinski definition) is 3. The number of likely N-dealkylation sites (tertiary alicyclic amines) is 1. The summed E-state index contributed by atoms with van der Waals surface area (Å²) in [7, 11) is 1.64. The van der Waals surface area contributed by atoms with Crippen LogP contribution in [0.1, 0.15) is 30.0 Å². The van der Waals surface area contributed by atoms with E-state index in [-0.39, 0.29) is 12.1 Å². The zero-order valence-electron chi connectivity index (χ0n) is 12.1. The van der Waals surface area contributed by atoms with Crippen LogP contribution >= 0.6 is 0 Å². The number of methoxy groups -OCH3 is 1. The summed E-state index contributed by atoms with van der Waals surface area (Å²) in [6, 6.07) is 5.23. The van der Waals surface area contributed by atoms with Gasteiger partial charge in [0.15, 0.2) is 0 Å². The van der Waals surface area contributed by atoms with E-state index < -0.39 is 11.7 Å². The zero-order valence-corrected chi connectivity index (χ0v) is 12.1. The average Bonchev–Trinajstić information content (AvgIpc) is 2.44. The Labute approximate surface area is 122 Å². The van der Waals surface area contributed by atoms with E-state index in [9.17, 15) is 13.2 Å². The molecular formula is C15H21F3N2O. The molecule has 0 saturated carbocycles. The van der Waals surface area contributed by atoms with Gasteiger partial charge in [-0.2, -0.15) is 13.2 Å². The first-order valence-corrected chi connectivity index (χ1v) is 7.09. The minimum Gasteiger partial charge on any atom is -0.383 e. The summed E-state index contributed by atoms with van der Waals surface area (Å²) in [4.78, 5) is 2.19. The molecule has 2 rings (SSSR count). The molecular weight excluding hydrogens is 281 g/mol. The van der Waals surface area contributed by atoms with E-state index in [1.165, 1.54) is 0 Å². The van der Waals surface area contributed by atoms with Crippen LogP contribution < -0.4 is 5.73 Å². The summed E-state index contributed by atoms with van der Waals surface area (Å²) in [6.45, 7) is 2.21. The van der Waals surface area contributed by atoms with Crippen molar-refractivity contribution in [2.75, 3.05) is 26.8 Å². The second-order valence-corrected chi connectivity index (χ2v) is 5.40. The Kier molecular flexibility index (Phi) is 5.24. The molecule has 2 N–H and O–H groups in total. The minimum absolute atomic E-state index is 0.0452. The number of piperidine rings is 1. The van der Waals surface area contributed by atoms with Gasteiger partial charge < -0.3 is 10.5 Å². The van der Waals surface area contributed by atoms with Crippen molar-refractivity contribution < 1.29 is 17.9 Å². The predicted molar refractivity (Wildman–Crippen MR) is 74.8 cm³/mol. The maximum atomic E-state index is 12.6. The lowest BCUT2D eigenvalue weighted by molar-refractivity contribution is -0.137. The van der Waals surface area contributed by atoms with Gasteiger partial charge in [-0.05, 0) is 37.1 Å². The second kappa shape index (κ2) is 6.77. The normalized spacial score (nSPS) is 24.2. The molecule has 2 unspecified atom stereocenters. The summed E-state index contributed by atoms with van der Waals surface area (Å²) in [6.07, 6.45) is -2.42. The molecule has 0 bridgehead atoms. The third-order valence-electron chi connectivity index (χ3n) is 3.94. The fourth-order valence-corrected chi connectivity index (χ4v) is 2.88. The van der Waals surface area contributed by atoms with Gasteiger partial charge in [0.25, 0.3) is 0 Å². The van der Waals surface area contributed by atoms with Crippen LogP contribution in [0.5, 0.6) is 0 Å². The van der Waals surface area contributed by atoms with Gasteiger partial charge in [0.05, 0.1) is 12.2 Å². The lowest BCUT2D eigenvalue weighted by Gasteiger charge is -2.40. The van der Waals surface area contributed by atoms with Crippen molar-refractivity contribution in [3.63, 3.8) is 0 Å². The van der Waals surface area contributed by atoms with Gasteiger partial charge in [0.2, 0.25) is 0 Å². The molecule has 1 heterocycles. The van der Waals surface area contributed by atoms with Gasteiger partial charge in [-0.1, -0.05) is 12.1 Å². The molecule has 1 aromatic rings. The van der Waals surface area contributed by atoms with Gasteiger partial charge in [0, 0.05) is 25.7 Å². The number of ether oxygens (including phenoxy) is 1. The standard InChI is InChI=1S/C15H21F3N2O/c1-21-10-9-20-8-2-3-13(19)14(20)11-4-6-12(7-5-11)15(16,17)18/h4-7,13-14H,2-3,8-10,19H2,1H3. The van der Waals surface area contributed by atoms with Crippen LogP contribution in [0.4, 0.5) is 13.2 Å². The molecule has 0 radical (unpaired) electrons. The Morgan fingerprint density at radius 1 is 1.29 bits per heavy atom. The molecule has 1 fully saturated rings. The van der Waals surface area contributed by atoms with E-state index in [0.29, 0.717) is 6.61 Å². The van der Waals surface area contributed by atoms with Crippen molar-refractivity contribution in [1.29, 1.82) is 0 Å². The molecule has 118 valence electrons. The zero-order chi connectivity index (χ0) is 15.5. The number of alkyl halides is 3. The lowest BCUT2D eigenvalue weighted by atomic mass is 9.90. The van der Waals surface area contributed by atoms with E-state index in [1.807, 2.05) is 0 Å². The predicted octanol–water partition coefficient (Wildman–Crippen LogP) is 2.82. The summed E-state index contributed by atoms with van der Waals surface area (Å²) >= 11 is 0. The van der Waals surface area contributed by atoms with Gasteiger partial charge in [-0.15, -0.1) is 0 Å². The first-order chi connectivity index (χ1) is 9.93. The van der Waals surface area contributed by atoms with Crippen LogP contribution in [0.3, 0.4) is 0 Å². The lowest BCUT2D eigenvalue weighted by Crippen LogP contribution is -2.46. The van der Waals surface area contributed by atoms with Crippen molar-refractivity contribution in [2.45, 2.75) is 31.1 Å². The van der Waals surface area contributed by atoms with E-state index in [1.54, 1.807) is 19.2 Å². The largest absolute Gasteiger partial charge is 0.416 e. The van der Waals surface area contributed by atoms with Gasteiger partial charge >= 0.3 is 6.18 Å². The number of nitrogens with zero attached hydrogens (tertiary/aromatic N) is 1. The van der Waals surface area contributed by atoms with Crippen LogP contribution in [-0.4, -0.2) is 37.7 Å². The molecule has 0 aromatic heterocycles. The summed E-state index contributed by atoms with van der Waals surface area (Å²) in [5.41, 5.74) is 6.41. The van der Waals surface area contributed by atoms with Crippen LogP contribution in [-0.2, 0) is 10.9 Å². The maximum Gasteiger partial charge on any atom is 0.416 e. The molecule has 1 aromatic carbocycles. The quantitative estimate of drug-likeness (QED) is 0.929. The molecule has 1 saturated heterocycles. The first-order valence-electron chi connectivity index (χ1n) is 7.09. The highest BCUT2D eigenvalue weighted by atomic mass is 19.4. The molecule has 21 heavy (non-hydrogen) atoms. The van der Waals surface area contributed by atoms with E-state index >= 15 is 0 Å². The van der Waals surface area contributed by atoms with Crippen molar-refractivity contribution in [2.24, 2.45) is 5.73 Å². The molecule has 6 heteroatoms. The van der Waals surface area contributed by atoms with Crippen LogP contribution in [0, 0.1) is 0 Å². The van der Waals surface area contributed by atoms with Crippen molar-refractivity contribution in [3.05, 3.63) is 35.4 Å². The van der Waals surface area contributed by atoms with Crippen LogP contribution in [0.15, 0.2) is 24.3 Å². The van der Waals surface area contributed by atoms with E-state index in [0.717, 1.165) is 43.6 Å². The highest BCUT2D eigenvalue weighted by Crippen LogP contribution is 2.33. The summed E-state index contributed by atoms with van der Waals surface area (Å²) < 4.78 is 43.0. The molecule has 3 nitrogen and oxygen atoms in total. The van der Waals surface area contributed by atoms with Crippen LogP contribution in [0.25, 0.3) is 0 Å². The highest BCUT2D eigenvalue weighted by molar-refractivity contribution is 5.28. The number of nitrogens with two attached hydrogens (primary N) is 1. The van der Waals surface area contributed by atoms with Gasteiger partial charge in [0.1, 0.15) is 0 Å². The third kappa shape index (κ3) is 3.96. The summed E-state index contributed by atoms with van der Waals surface area (Å²) in [5, 5.41) is 0. The number of benzene rings is 1. The van der Waals surface area contributed by atoms with Crippen molar-refractivity contribution in [3.8, 4) is 0 Å². The molecule has 0 aliphatic carbocycles. The van der Waals surface area contributed by atoms with E-state index in [2.05, 4.69) is 4.90 Å². The number of hydrogen-bond donors (Lipinski definition) is 1. The second-order valence-electron chi connectivity index (χ2n) is 5.40. The van der Waals surface area contributed by atoms with Crippen molar-refractivity contribution in [1.82, 2.24) is 4.90 Å². The molecule has 0 amide bonds. The van der Waals surface area contributed by atoms with Gasteiger partial charge in [-0.3, -0.25) is 4.90 Å².